The van der Waals surface area contributed by atoms with Crippen LogP contribution in [-0.2, 0) is 0 Å². The second kappa shape index (κ2) is 8.90. The molecule has 1 heterocycles. The van der Waals surface area contributed by atoms with Crippen LogP contribution in [0.25, 0.3) is 0 Å². The van der Waals surface area contributed by atoms with E-state index in [1.807, 2.05) is 32.9 Å². The molecule has 2 amide bonds. The molecule has 0 aromatic heterocycles. The van der Waals surface area contributed by atoms with E-state index in [1.54, 1.807) is 6.07 Å². The van der Waals surface area contributed by atoms with Gasteiger partial charge in [0.15, 0.2) is 0 Å². The van der Waals surface area contributed by atoms with Gasteiger partial charge in [0.2, 0.25) is 0 Å². The lowest BCUT2D eigenvalue weighted by molar-refractivity contribution is 0.216. The first-order chi connectivity index (χ1) is 10.0. The highest BCUT2D eigenvalue weighted by molar-refractivity contribution is 6.31. The molecule has 0 radical (unpaired) electrons. The molecule has 0 saturated carbocycles. The number of aryl methyl sites for hydroxylation is 1. The highest BCUT2D eigenvalue weighted by Crippen LogP contribution is 2.19. The van der Waals surface area contributed by atoms with Gasteiger partial charge in [-0.1, -0.05) is 31.5 Å². The second-order valence-corrected chi connectivity index (χ2v) is 5.57. The Morgan fingerprint density at radius 1 is 1.38 bits per heavy atom. The van der Waals surface area contributed by atoms with E-state index in [-0.39, 0.29) is 12.1 Å². The van der Waals surface area contributed by atoms with Gasteiger partial charge in [-0.2, -0.15) is 0 Å². The number of urea groups is 1. The SMILES string of the molecule is CC.Cc1ccc(NC(=O)N[C@@H]2CCCN(C)C2)cc1Cl. The number of hydrogen-bond donors (Lipinski definition) is 2. The first-order valence-electron chi connectivity index (χ1n) is 7.57. The minimum atomic E-state index is -0.166. The van der Waals surface area contributed by atoms with Gasteiger partial charge in [-0.3, -0.25) is 0 Å². The Labute approximate surface area is 132 Å². The molecule has 21 heavy (non-hydrogen) atoms. The molecule has 1 aliphatic rings. The Bertz CT molecular complexity index is 465. The van der Waals surface area contributed by atoms with Crippen molar-refractivity contribution in [3.05, 3.63) is 28.8 Å². The summed E-state index contributed by atoms with van der Waals surface area (Å²) in [5.74, 6) is 0. The molecule has 0 aliphatic carbocycles. The standard InChI is InChI=1S/C14H20ClN3O.C2H6/c1-10-5-6-11(8-13(10)15)16-14(19)17-12-4-3-7-18(2)9-12;1-2/h5-6,8,12H,3-4,7,9H2,1-2H3,(H2,16,17,19);1-2H3/t12-;/m1./s1. The van der Waals surface area contributed by atoms with Crippen molar-refractivity contribution in [2.45, 2.75) is 39.7 Å². The van der Waals surface area contributed by atoms with Gasteiger partial charge in [-0.05, 0) is 51.1 Å². The third kappa shape index (κ3) is 5.94. The lowest BCUT2D eigenvalue weighted by atomic mass is 10.1. The zero-order valence-electron chi connectivity index (χ0n) is 13.4. The number of halogens is 1. The summed E-state index contributed by atoms with van der Waals surface area (Å²) >= 11 is 6.03. The zero-order chi connectivity index (χ0) is 15.8. The topological polar surface area (TPSA) is 44.4 Å². The summed E-state index contributed by atoms with van der Waals surface area (Å²) in [7, 11) is 2.07. The Kier molecular flexibility index (Phi) is 7.54. The number of carbonyl (C=O) groups excluding carboxylic acids is 1. The summed E-state index contributed by atoms with van der Waals surface area (Å²) in [4.78, 5) is 14.1. The predicted molar refractivity (Wildman–Crippen MR) is 90.2 cm³/mol. The fraction of sp³-hybridized carbons (Fsp3) is 0.562. The monoisotopic (exact) mass is 311 g/mol. The van der Waals surface area contributed by atoms with Crippen molar-refractivity contribution in [3.63, 3.8) is 0 Å². The van der Waals surface area contributed by atoms with E-state index in [2.05, 4.69) is 22.6 Å². The van der Waals surface area contributed by atoms with E-state index in [0.29, 0.717) is 5.02 Å². The molecule has 0 spiro atoms. The third-order valence-electron chi connectivity index (χ3n) is 3.39. The molecular weight excluding hydrogens is 286 g/mol. The first kappa shape index (κ1) is 17.8. The van der Waals surface area contributed by atoms with Crippen LogP contribution >= 0.6 is 11.6 Å². The van der Waals surface area contributed by atoms with E-state index in [1.165, 1.54) is 0 Å². The van der Waals surface area contributed by atoms with Gasteiger partial charge in [-0.15, -0.1) is 0 Å². The lowest BCUT2D eigenvalue weighted by Crippen LogP contribution is -2.47. The van der Waals surface area contributed by atoms with Crippen LogP contribution in [0, 0.1) is 6.92 Å². The van der Waals surface area contributed by atoms with E-state index in [4.69, 9.17) is 11.6 Å². The number of amides is 2. The molecule has 5 heteroatoms. The number of piperidine rings is 1. The number of rotatable bonds is 2. The van der Waals surface area contributed by atoms with Gasteiger partial charge in [-0.25, -0.2) is 4.79 Å². The Hall–Kier alpha value is -1.26. The normalized spacial score (nSPS) is 18.4. The maximum Gasteiger partial charge on any atom is 0.319 e. The largest absolute Gasteiger partial charge is 0.334 e. The minimum Gasteiger partial charge on any atom is -0.334 e. The van der Waals surface area contributed by atoms with Crippen molar-refractivity contribution in [1.82, 2.24) is 10.2 Å². The number of likely N-dealkylation sites (tertiary alicyclic amines) is 1. The van der Waals surface area contributed by atoms with E-state index in [9.17, 15) is 4.79 Å². The van der Waals surface area contributed by atoms with Gasteiger partial charge in [0.25, 0.3) is 0 Å². The van der Waals surface area contributed by atoms with E-state index < -0.39 is 0 Å². The Morgan fingerprint density at radius 3 is 2.71 bits per heavy atom. The van der Waals surface area contributed by atoms with Crippen LogP contribution in [0.5, 0.6) is 0 Å². The van der Waals surface area contributed by atoms with Crippen molar-refractivity contribution in [3.8, 4) is 0 Å². The Morgan fingerprint density at radius 2 is 2.10 bits per heavy atom. The summed E-state index contributed by atoms with van der Waals surface area (Å²) in [5.41, 5.74) is 1.72. The molecule has 1 aromatic rings. The number of carbonyl (C=O) groups is 1. The average molecular weight is 312 g/mol. The van der Waals surface area contributed by atoms with Gasteiger partial charge < -0.3 is 15.5 Å². The van der Waals surface area contributed by atoms with Crippen molar-refractivity contribution < 1.29 is 4.79 Å². The quantitative estimate of drug-likeness (QED) is 0.870. The second-order valence-electron chi connectivity index (χ2n) is 5.16. The van der Waals surface area contributed by atoms with Crippen molar-refractivity contribution in [2.24, 2.45) is 0 Å². The van der Waals surface area contributed by atoms with Crippen LogP contribution in [0.2, 0.25) is 5.02 Å². The van der Waals surface area contributed by atoms with E-state index >= 15 is 0 Å². The van der Waals surface area contributed by atoms with Gasteiger partial charge in [0.05, 0.1) is 0 Å². The number of likely N-dealkylation sites (N-methyl/N-ethyl adjacent to an activating group) is 1. The Balaban J connectivity index is 0.00000106. The van der Waals surface area contributed by atoms with Crippen molar-refractivity contribution >= 4 is 23.3 Å². The zero-order valence-corrected chi connectivity index (χ0v) is 14.1. The third-order valence-corrected chi connectivity index (χ3v) is 3.80. The molecule has 1 aromatic carbocycles. The highest BCUT2D eigenvalue weighted by atomic mass is 35.5. The average Bonchev–Trinajstić information content (AvgIpc) is 2.45. The molecule has 0 bridgehead atoms. The molecule has 1 atom stereocenters. The first-order valence-corrected chi connectivity index (χ1v) is 7.94. The van der Waals surface area contributed by atoms with Crippen LogP contribution in [-0.4, -0.2) is 37.1 Å². The van der Waals surface area contributed by atoms with Crippen LogP contribution in [0.4, 0.5) is 10.5 Å². The fourth-order valence-corrected chi connectivity index (χ4v) is 2.49. The maximum atomic E-state index is 11.9. The fourth-order valence-electron chi connectivity index (χ4n) is 2.31. The lowest BCUT2D eigenvalue weighted by Gasteiger charge is -2.30. The molecule has 0 unspecified atom stereocenters. The van der Waals surface area contributed by atoms with Gasteiger partial charge >= 0.3 is 6.03 Å². The number of anilines is 1. The minimum absolute atomic E-state index is 0.166. The predicted octanol–water partition coefficient (Wildman–Crippen LogP) is 3.89. The maximum absolute atomic E-state index is 11.9. The van der Waals surface area contributed by atoms with E-state index in [0.717, 1.165) is 37.2 Å². The summed E-state index contributed by atoms with van der Waals surface area (Å²) in [6.07, 6.45) is 2.16. The number of hydrogen-bond acceptors (Lipinski definition) is 2. The van der Waals surface area contributed by atoms with Crippen molar-refractivity contribution in [2.75, 3.05) is 25.5 Å². The highest BCUT2D eigenvalue weighted by Gasteiger charge is 2.18. The molecule has 2 rings (SSSR count). The van der Waals surface area contributed by atoms with Gasteiger partial charge in [0.1, 0.15) is 0 Å². The summed E-state index contributed by atoms with van der Waals surface area (Å²) < 4.78 is 0. The molecule has 1 saturated heterocycles. The van der Waals surface area contributed by atoms with Crippen molar-refractivity contribution in [1.29, 1.82) is 0 Å². The number of nitrogens with one attached hydrogen (secondary N) is 2. The molecule has 4 nitrogen and oxygen atoms in total. The summed E-state index contributed by atoms with van der Waals surface area (Å²) in [6.45, 7) is 7.94. The van der Waals surface area contributed by atoms with Crippen LogP contribution < -0.4 is 10.6 Å². The molecule has 118 valence electrons. The molecule has 1 aliphatic heterocycles. The van der Waals surface area contributed by atoms with Crippen LogP contribution in [0.1, 0.15) is 32.3 Å². The summed E-state index contributed by atoms with van der Waals surface area (Å²) in [6, 6.07) is 5.57. The molecule has 2 N–H and O–H groups in total. The van der Waals surface area contributed by atoms with Crippen LogP contribution in [0.15, 0.2) is 18.2 Å². The summed E-state index contributed by atoms with van der Waals surface area (Å²) in [5, 5.41) is 6.48. The smallest absolute Gasteiger partial charge is 0.319 e. The van der Waals surface area contributed by atoms with Crippen LogP contribution in [0.3, 0.4) is 0 Å². The number of benzene rings is 1. The van der Waals surface area contributed by atoms with Gasteiger partial charge in [0, 0.05) is 23.3 Å². The number of nitrogens with zero attached hydrogens (tertiary/aromatic N) is 1. The molecular formula is C16H26ClN3O. The molecule has 1 fully saturated rings.